The zero-order valence-corrected chi connectivity index (χ0v) is 14.8. The van der Waals surface area contributed by atoms with Gasteiger partial charge in [-0.3, -0.25) is 14.4 Å². The van der Waals surface area contributed by atoms with Crippen molar-refractivity contribution in [3.63, 3.8) is 0 Å². The van der Waals surface area contributed by atoms with E-state index in [4.69, 9.17) is 0 Å². The molecule has 0 heterocycles. The summed E-state index contributed by atoms with van der Waals surface area (Å²) in [4.78, 5) is 34.7. The normalized spacial score (nSPS) is 11.6. The first-order valence-electron chi connectivity index (χ1n) is 7.89. The fourth-order valence-corrected chi connectivity index (χ4v) is 1.88. The Labute approximate surface area is 149 Å². The maximum Gasteiger partial charge on any atom is 0.243 e. The summed E-state index contributed by atoms with van der Waals surface area (Å²) >= 11 is 0. The average Bonchev–Trinajstić information content (AvgIpc) is 2.65. The highest BCUT2D eigenvalue weighted by Crippen LogP contribution is 2.14. The van der Waals surface area contributed by atoms with Crippen LogP contribution in [0, 0.1) is 5.41 Å². The van der Waals surface area contributed by atoms with Crippen LogP contribution in [0.15, 0.2) is 50.6 Å². The minimum atomic E-state index is -0.673. The second-order valence-corrected chi connectivity index (χ2v) is 5.67. The molecule has 0 saturated carbocycles. The van der Waals surface area contributed by atoms with Crippen LogP contribution in [0.4, 0.5) is 0 Å². The van der Waals surface area contributed by atoms with Crippen molar-refractivity contribution in [1.29, 1.82) is 0 Å². The Balaban J connectivity index is 5.33. The van der Waals surface area contributed by atoms with Gasteiger partial charge in [-0.2, -0.15) is 0 Å². The molecule has 7 nitrogen and oxygen atoms in total. The molecule has 0 fully saturated rings. The lowest BCUT2D eigenvalue weighted by molar-refractivity contribution is -0.117. The largest absolute Gasteiger partial charge is 0.352 e. The van der Waals surface area contributed by atoms with E-state index in [1.807, 2.05) is 6.92 Å². The van der Waals surface area contributed by atoms with Crippen LogP contribution in [0.5, 0.6) is 0 Å². The number of hydrogen-bond donors (Lipinski definition) is 4. The minimum absolute atomic E-state index is 0.0136. The third-order valence-electron chi connectivity index (χ3n) is 3.62. The topological polar surface area (TPSA) is 99.3 Å². The molecule has 25 heavy (non-hydrogen) atoms. The fraction of sp³-hybridized carbons (Fsp3) is 0.389. The zero-order valence-electron chi connectivity index (χ0n) is 14.8. The van der Waals surface area contributed by atoms with Crippen molar-refractivity contribution >= 4 is 17.7 Å². The van der Waals surface area contributed by atoms with Crippen LogP contribution in [-0.2, 0) is 14.4 Å². The van der Waals surface area contributed by atoms with Crippen LogP contribution >= 0.6 is 0 Å². The Morgan fingerprint density at radius 1 is 0.800 bits per heavy atom. The van der Waals surface area contributed by atoms with Crippen molar-refractivity contribution in [2.45, 2.75) is 13.0 Å². The number of rotatable bonds is 13. The molecule has 1 atom stereocenters. The Bertz CT molecular complexity index is 469. The molecular formula is C18H28N4O3. The Morgan fingerprint density at radius 2 is 1.16 bits per heavy atom. The molecule has 0 bridgehead atoms. The number of amides is 3. The number of hydrogen-bond acceptors (Lipinski definition) is 4. The molecule has 0 aliphatic heterocycles. The van der Waals surface area contributed by atoms with Crippen LogP contribution in [0.1, 0.15) is 6.92 Å². The van der Waals surface area contributed by atoms with Gasteiger partial charge in [0.2, 0.25) is 17.7 Å². The molecule has 0 radical (unpaired) electrons. The van der Waals surface area contributed by atoms with Gasteiger partial charge >= 0.3 is 0 Å². The molecule has 138 valence electrons. The van der Waals surface area contributed by atoms with E-state index in [0.29, 0.717) is 6.54 Å². The molecule has 0 rings (SSSR count). The molecule has 3 amide bonds. The fourth-order valence-electron chi connectivity index (χ4n) is 1.88. The van der Waals surface area contributed by atoms with Crippen LogP contribution in [0.3, 0.4) is 0 Å². The monoisotopic (exact) mass is 348 g/mol. The van der Waals surface area contributed by atoms with E-state index < -0.39 is 5.41 Å². The number of carbonyl (C=O) groups is 3. The number of carbonyl (C=O) groups excluding carboxylic acids is 3. The van der Waals surface area contributed by atoms with E-state index in [-0.39, 0.29) is 43.4 Å². The van der Waals surface area contributed by atoms with E-state index >= 15 is 0 Å². The van der Waals surface area contributed by atoms with E-state index in [0.717, 1.165) is 18.2 Å². The molecule has 0 aromatic carbocycles. The second-order valence-electron chi connectivity index (χ2n) is 5.67. The van der Waals surface area contributed by atoms with E-state index in [1.165, 1.54) is 0 Å². The van der Waals surface area contributed by atoms with Gasteiger partial charge in [-0.1, -0.05) is 25.8 Å². The summed E-state index contributed by atoms with van der Waals surface area (Å²) in [5.74, 6) is -1.02. The van der Waals surface area contributed by atoms with Crippen molar-refractivity contribution in [3.8, 4) is 0 Å². The Morgan fingerprint density at radius 3 is 1.44 bits per heavy atom. The first-order valence-corrected chi connectivity index (χ1v) is 7.89. The van der Waals surface area contributed by atoms with Crippen molar-refractivity contribution in [2.75, 3.05) is 26.2 Å². The smallest absolute Gasteiger partial charge is 0.243 e. The van der Waals surface area contributed by atoms with Gasteiger partial charge in [0.05, 0.1) is 0 Å². The van der Waals surface area contributed by atoms with Crippen LogP contribution in [0.25, 0.3) is 0 Å². The van der Waals surface area contributed by atoms with Gasteiger partial charge in [0.25, 0.3) is 0 Å². The first kappa shape index (κ1) is 22.3. The zero-order chi connectivity index (χ0) is 19.3. The van der Waals surface area contributed by atoms with E-state index in [9.17, 15) is 14.4 Å². The maximum atomic E-state index is 11.6. The van der Waals surface area contributed by atoms with Gasteiger partial charge in [-0.05, 0) is 25.2 Å². The third kappa shape index (κ3) is 9.26. The van der Waals surface area contributed by atoms with Crippen molar-refractivity contribution in [3.05, 3.63) is 50.6 Å². The van der Waals surface area contributed by atoms with Gasteiger partial charge < -0.3 is 21.3 Å². The van der Waals surface area contributed by atoms with Gasteiger partial charge in [-0.25, -0.2) is 0 Å². The SMILES string of the molecule is C=CC(=O)NCC(CNC(=O)C=C)(CNC(=O)C=C)CNC(C)C=C. The molecule has 0 saturated heterocycles. The molecule has 0 aromatic rings. The van der Waals surface area contributed by atoms with E-state index in [1.54, 1.807) is 6.08 Å². The summed E-state index contributed by atoms with van der Waals surface area (Å²) in [5, 5.41) is 11.4. The summed E-state index contributed by atoms with van der Waals surface area (Å²) in [7, 11) is 0. The molecule has 0 spiro atoms. The molecular weight excluding hydrogens is 320 g/mol. The maximum absolute atomic E-state index is 11.6. The minimum Gasteiger partial charge on any atom is -0.352 e. The third-order valence-corrected chi connectivity index (χ3v) is 3.62. The van der Waals surface area contributed by atoms with Crippen LogP contribution in [-0.4, -0.2) is 49.9 Å². The van der Waals surface area contributed by atoms with Crippen molar-refractivity contribution in [2.24, 2.45) is 5.41 Å². The lowest BCUT2D eigenvalue weighted by atomic mass is 9.86. The lowest BCUT2D eigenvalue weighted by Gasteiger charge is -2.35. The lowest BCUT2D eigenvalue weighted by Crippen LogP contribution is -2.56. The van der Waals surface area contributed by atoms with Gasteiger partial charge in [0.1, 0.15) is 0 Å². The predicted octanol–water partition coefficient (Wildman–Crippen LogP) is 0.0435. The second kappa shape index (κ2) is 11.8. The Kier molecular flexibility index (Phi) is 10.5. The Hall–Kier alpha value is -2.67. The van der Waals surface area contributed by atoms with E-state index in [2.05, 4.69) is 47.6 Å². The standard InChI is InChI=1S/C18H28N4O3/c1-6-14(5)19-10-18(11-20-15(23)7-2,12-21-16(24)8-3)13-22-17(25)9-4/h6-9,14,19H,1-4,10-13H2,5H3,(H,20,23)(H,21,24)(H,22,25). The molecule has 1 unspecified atom stereocenters. The predicted molar refractivity (Wildman–Crippen MR) is 99.7 cm³/mol. The van der Waals surface area contributed by atoms with Gasteiger partial charge in [0, 0.05) is 37.6 Å². The molecule has 0 aliphatic rings. The summed E-state index contributed by atoms with van der Waals surface area (Å²) in [5.41, 5.74) is -0.673. The first-order chi connectivity index (χ1) is 11.8. The quantitative estimate of drug-likeness (QED) is 0.279. The molecule has 7 heteroatoms. The van der Waals surface area contributed by atoms with Gasteiger partial charge in [0.15, 0.2) is 0 Å². The highest BCUT2D eigenvalue weighted by atomic mass is 16.2. The van der Waals surface area contributed by atoms with Crippen LogP contribution in [0.2, 0.25) is 0 Å². The highest BCUT2D eigenvalue weighted by Gasteiger charge is 2.31. The number of nitrogens with one attached hydrogen (secondary N) is 4. The van der Waals surface area contributed by atoms with Crippen LogP contribution < -0.4 is 21.3 Å². The van der Waals surface area contributed by atoms with Gasteiger partial charge in [-0.15, -0.1) is 6.58 Å². The van der Waals surface area contributed by atoms with Crippen molar-refractivity contribution < 1.29 is 14.4 Å². The summed E-state index contributed by atoms with van der Waals surface area (Å²) in [6.45, 7) is 16.9. The van der Waals surface area contributed by atoms with Crippen molar-refractivity contribution in [1.82, 2.24) is 21.3 Å². The molecule has 0 aromatic heterocycles. The molecule has 0 aliphatic carbocycles. The summed E-state index contributed by atoms with van der Waals surface area (Å²) < 4.78 is 0. The summed E-state index contributed by atoms with van der Waals surface area (Å²) in [6.07, 6.45) is 5.22. The highest BCUT2D eigenvalue weighted by molar-refractivity contribution is 5.88. The molecule has 4 N–H and O–H groups in total. The average molecular weight is 348 g/mol. The summed E-state index contributed by atoms with van der Waals surface area (Å²) in [6, 6.07) is 0.0136.